The number of rotatable bonds is 7. The Bertz CT molecular complexity index is 1140. The molecule has 4 rings (SSSR count). The van der Waals surface area contributed by atoms with Crippen LogP contribution >= 0.6 is 11.8 Å². The average molecular weight is 449 g/mol. The van der Waals surface area contributed by atoms with Crippen LogP contribution in [0.2, 0.25) is 0 Å². The lowest BCUT2D eigenvalue weighted by Gasteiger charge is -2.28. The zero-order chi connectivity index (χ0) is 22.3. The highest BCUT2D eigenvalue weighted by atomic mass is 32.2. The second-order valence-corrected chi connectivity index (χ2v) is 8.19. The van der Waals surface area contributed by atoms with E-state index in [0.29, 0.717) is 17.2 Å². The van der Waals surface area contributed by atoms with E-state index in [2.05, 4.69) is 21.3 Å². The number of aromatic nitrogens is 1. The Morgan fingerprint density at radius 1 is 1.22 bits per heavy atom. The zero-order valence-electron chi connectivity index (χ0n) is 17.8. The van der Waals surface area contributed by atoms with Crippen molar-refractivity contribution in [3.05, 3.63) is 54.1 Å². The fraction of sp³-hybridized carbons (Fsp3) is 0.292. The van der Waals surface area contributed by atoms with Crippen LogP contribution in [0, 0.1) is 11.3 Å². The van der Waals surface area contributed by atoms with Crippen LogP contribution in [0.4, 0.5) is 11.4 Å². The van der Waals surface area contributed by atoms with Crippen LogP contribution in [-0.4, -0.2) is 49.6 Å². The number of hydrogen-bond acceptors (Lipinski definition) is 7. The largest absolute Gasteiger partial charge is 0.494 e. The Balaban J connectivity index is 1.38. The Morgan fingerprint density at radius 2 is 2.00 bits per heavy atom. The maximum Gasteiger partial charge on any atom is 0.234 e. The van der Waals surface area contributed by atoms with E-state index < -0.39 is 0 Å². The lowest BCUT2D eigenvalue weighted by Crippen LogP contribution is -2.36. The number of pyridine rings is 1. The van der Waals surface area contributed by atoms with Gasteiger partial charge in [0.2, 0.25) is 5.91 Å². The summed E-state index contributed by atoms with van der Waals surface area (Å²) in [6.07, 6.45) is 0. The predicted molar refractivity (Wildman–Crippen MR) is 126 cm³/mol. The van der Waals surface area contributed by atoms with Crippen LogP contribution in [0.25, 0.3) is 10.9 Å². The van der Waals surface area contributed by atoms with Gasteiger partial charge >= 0.3 is 0 Å². The summed E-state index contributed by atoms with van der Waals surface area (Å²) in [5.74, 6) is 0.756. The van der Waals surface area contributed by atoms with E-state index >= 15 is 0 Å². The van der Waals surface area contributed by atoms with Crippen molar-refractivity contribution in [1.82, 2.24) is 4.98 Å². The Hall–Kier alpha value is -3.28. The summed E-state index contributed by atoms with van der Waals surface area (Å²) in [5.41, 5.74) is 3.06. The number of amides is 1. The van der Waals surface area contributed by atoms with Gasteiger partial charge in [-0.2, -0.15) is 5.26 Å². The van der Waals surface area contributed by atoms with Crippen LogP contribution in [0.3, 0.4) is 0 Å². The molecule has 7 nitrogen and oxygen atoms in total. The fourth-order valence-corrected chi connectivity index (χ4v) is 4.25. The van der Waals surface area contributed by atoms with E-state index in [4.69, 9.17) is 9.47 Å². The summed E-state index contributed by atoms with van der Waals surface area (Å²) >= 11 is 1.26. The first kappa shape index (κ1) is 21.9. The fourth-order valence-electron chi connectivity index (χ4n) is 3.49. The van der Waals surface area contributed by atoms with Gasteiger partial charge in [0.05, 0.1) is 36.7 Å². The zero-order valence-corrected chi connectivity index (χ0v) is 18.7. The molecule has 8 heteroatoms. The maximum atomic E-state index is 12.5. The van der Waals surface area contributed by atoms with E-state index in [-0.39, 0.29) is 11.7 Å². The first-order valence-electron chi connectivity index (χ1n) is 10.5. The van der Waals surface area contributed by atoms with E-state index in [9.17, 15) is 10.1 Å². The van der Waals surface area contributed by atoms with Gasteiger partial charge in [0, 0.05) is 29.9 Å². The van der Waals surface area contributed by atoms with Crippen molar-refractivity contribution in [3.63, 3.8) is 0 Å². The van der Waals surface area contributed by atoms with Gasteiger partial charge in [0.15, 0.2) is 0 Å². The van der Waals surface area contributed by atoms with Crippen molar-refractivity contribution in [2.75, 3.05) is 48.9 Å². The molecule has 2 aromatic carbocycles. The van der Waals surface area contributed by atoms with Gasteiger partial charge in [-0.25, -0.2) is 4.98 Å². The molecule has 0 radical (unpaired) electrons. The monoisotopic (exact) mass is 448 g/mol. The van der Waals surface area contributed by atoms with Crippen molar-refractivity contribution in [2.45, 2.75) is 11.9 Å². The highest BCUT2D eigenvalue weighted by Gasteiger charge is 2.13. The summed E-state index contributed by atoms with van der Waals surface area (Å²) in [6, 6.07) is 17.4. The van der Waals surface area contributed by atoms with Gasteiger partial charge in [-0.1, -0.05) is 11.8 Å². The molecule has 1 N–H and O–H groups in total. The number of carbonyl (C=O) groups is 1. The van der Waals surface area contributed by atoms with Gasteiger partial charge in [0.1, 0.15) is 16.8 Å². The SMILES string of the molecule is CCOc1ccc2nc(SCC(=O)Nc3ccc(N4CCOCC4)cc3)c(C#N)cc2c1. The molecular weight excluding hydrogens is 424 g/mol. The lowest BCUT2D eigenvalue weighted by molar-refractivity contribution is -0.113. The van der Waals surface area contributed by atoms with E-state index in [0.717, 1.165) is 54.3 Å². The Labute approximate surface area is 191 Å². The molecule has 1 fully saturated rings. The third-order valence-corrected chi connectivity index (χ3v) is 6.04. The molecule has 1 saturated heterocycles. The molecule has 164 valence electrons. The average Bonchev–Trinajstić information content (AvgIpc) is 2.83. The third kappa shape index (κ3) is 5.31. The molecule has 1 aromatic heterocycles. The smallest absolute Gasteiger partial charge is 0.234 e. The van der Waals surface area contributed by atoms with Crippen LogP contribution in [-0.2, 0) is 9.53 Å². The van der Waals surface area contributed by atoms with Crippen LogP contribution in [0.15, 0.2) is 53.6 Å². The van der Waals surface area contributed by atoms with Crippen molar-refractivity contribution in [2.24, 2.45) is 0 Å². The quantitative estimate of drug-likeness (QED) is 0.545. The number of thioether (sulfide) groups is 1. The first-order chi connectivity index (χ1) is 15.7. The van der Waals surface area contributed by atoms with Gasteiger partial charge in [-0.05, 0) is 55.5 Å². The lowest BCUT2D eigenvalue weighted by atomic mass is 10.1. The minimum absolute atomic E-state index is 0.147. The van der Waals surface area contributed by atoms with Crippen molar-refractivity contribution in [3.8, 4) is 11.8 Å². The minimum atomic E-state index is -0.147. The highest BCUT2D eigenvalue weighted by molar-refractivity contribution is 8.00. The number of benzene rings is 2. The number of ether oxygens (including phenoxy) is 2. The molecule has 0 bridgehead atoms. The number of anilines is 2. The summed E-state index contributed by atoms with van der Waals surface area (Å²) in [5, 5.41) is 13.8. The van der Waals surface area contributed by atoms with Gasteiger partial charge < -0.3 is 19.7 Å². The number of fused-ring (bicyclic) bond motifs is 1. The molecule has 0 aliphatic carbocycles. The number of morpholine rings is 1. The summed E-state index contributed by atoms with van der Waals surface area (Å²) in [7, 11) is 0. The molecule has 0 atom stereocenters. The molecule has 1 aliphatic heterocycles. The molecule has 1 aliphatic rings. The molecule has 32 heavy (non-hydrogen) atoms. The molecule has 0 unspecified atom stereocenters. The summed E-state index contributed by atoms with van der Waals surface area (Å²) < 4.78 is 10.9. The third-order valence-electron chi connectivity index (χ3n) is 5.05. The summed E-state index contributed by atoms with van der Waals surface area (Å²) in [6.45, 7) is 5.70. The number of nitrogens with zero attached hydrogens (tertiary/aromatic N) is 3. The topological polar surface area (TPSA) is 87.5 Å². The standard InChI is InChI=1S/C24H24N4O3S/c1-2-31-21-7-8-22-17(14-21)13-18(15-25)24(27-22)32-16-23(29)26-19-3-5-20(6-4-19)28-9-11-30-12-10-28/h3-8,13-14H,2,9-12,16H2,1H3,(H,26,29). The van der Waals surface area contributed by atoms with Crippen molar-refractivity contribution in [1.29, 1.82) is 5.26 Å². The van der Waals surface area contributed by atoms with E-state index in [1.807, 2.05) is 49.4 Å². The maximum absolute atomic E-state index is 12.5. The molecule has 0 spiro atoms. The first-order valence-corrected chi connectivity index (χ1v) is 11.5. The second-order valence-electron chi connectivity index (χ2n) is 7.22. The predicted octanol–water partition coefficient (Wildman–Crippen LogP) is 4.07. The van der Waals surface area contributed by atoms with Crippen LogP contribution in [0.5, 0.6) is 5.75 Å². The van der Waals surface area contributed by atoms with Crippen LogP contribution in [0.1, 0.15) is 12.5 Å². The van der Waals surface area contributed by atoms with Crippen molar-refractivity contribution < 1.29 is 14.3 Å². The normalized spacial score (nSPS) is 13.6. The molecular formula is C24H24N4O3S. The van der Waals surface area contributed by atoms with Gasteiger partial charge in [-0.3, -0.25) is 4.79 Å². The van der Waals surface area contributed by atoms with E-state index in [1.165, 1.54) is 11.8 Å². The number of carbonyl (C=O) groups excluding carboxylic acids is 1. The van der Waals surface area contributed by atoms with Crippen LogP contribution < -0.4 is 15.0 Å². The number of nitrogens with one attached hydrogen (secondary N) is 1. The Morgan fingerprint density at radius 3 is 2.72 bits per heavy atom. The highest BCUT2D eigenvalue weighted by Crippen LogP contribution is 2.27. The number of hydrogen-bond donors (Lipinski definition) is 1. The van der Waals surface area contributed by atoms with E-state index in [1.54, 1.807) is 6.07 Å². The summed E-state index contributed by atoms with van der Waals surface area (Å²) in [4.78, 5) is 19.3. The molecule has 2 heterocycles. The second kappa shape index (κ2) is 10.4. The molecule has 1 amide bonds. The van der Waals surface area contributed by atoms with Gasteiger partial charge in [-0.15, -0.1) is 0 Å². The molecule has 0 saturated carbocycles. The van der Waals surface area contributed by atoms with Gasteiger partial charge in [0.25, 0.3) is 0 Å². The number of nitriles is 1. The molecule has 3 aromatic rings. The minimum Gasteiger partial charge on any atom is -0.494 e. The Kier molecular flexibility index (Phi) is 7.10. The van der Waals surface area contributed by atoms with Crippen molar-refractivity contribution >= 4 is 39.9 Å².